The lowest BCUT2D eigenvalue weighted by molar-refractivity contribution is -0.139. The summed E-state index contributed by atoms with van der Waals surface area (Å²) in [5.74, 6) is 4.89. The molecule has 4 aromatic heterocycles. The Morgan fingerprint density at radius 3 is 1.01 bits per heavy atom. The summed E-state index contributed by atoms with van der Waals surface area (Å²) in [6.07, 6.45) is 12.2. The fraction of sp³-hybridized carbons (Fsp3) is 0.521. The Kier molecular flexibility index (Phi) is 34.0. The number of anilines is 4. The number of halogens is 3. The SMILES string of the molecule is [C-]#[N+]C[C@@H]1CCCN(c2nc(OCCN(C)C)nc3c2COC(c2cccc4cccc(C)c24)C3)C1.[C-]#[N+]C[C@@H]1CCCN(c2nc(OC[C@@H]3CCCN3C)nc3c2COC(c2cccc4cccc(C)c24)C3)C1.[C-]#[N+]C[C@@H]1CCCN(c2nc(OC[C@@H]3CCCN3C)nc3c2COC(c2cccc4ccccc24)C3)C1.[C-]#[N+]C[C@@H]1CCCN(c2nc(OC[C@@H]3CCCN3C)nc3c2COC(c2ccccc2C(F)(F)F)C3)C1. The molecule has 22 rings (SSSR count). The van der Waals surface area contributed by atoms with Crippen LogP contribution in [0.1, 0.15) is 198 Å². The fourth-order valence-corrected chi connectivity index (χ4v) is 23.8. The van der Waals surface area contributed by atoms with Crippen LogP contribution in [-0.4, -0.2) is 244 Å². The number of aryl methyl sites for hydroxylation is 2. The van der Waals surface area contributed by atoms with E-state index in [9.17, 15) is 13.2 Å². The molecule has 4 unspecified atom stereocenters. The normalized spacial score (nSPS) is 23.1. The molecule has 0 saturated carbocycles. The van der Waals surface area contributed by atoms with Gasteiger partial charge in [0, 0.05) is 149 Å². The Labute approximate surface area is 868 Å². The van der Waals surface area contributed by atoms with Crippen LogP contribution in [0.2, 0.25) is 0 Å². The van der Waals surface area contributed by atoms with Gasteiger partial charge in [-0.15, -0.1) is 0 Å². The molecule has 0 spiro atoms. The van der Waals surface area contributed by atoms with Gasteiger partial charge in [-0.2, -0.15) is 53.0 Å². The molecule has 28 nitrogen and oxygen atoms in total. The maximum Gasteiger partial charge on any atom is 0.416 e. The first-order valence-corrected chi connectivity index (χ1v) is 53.4. The largest absolute Gasteiger partial charge is 0.462 e. The van der Waals surface area contributed by atoms with Crippen molar-refractivity contribution in [1.29, 1.82) is 0 Å². The Hall–Kier alpha value is -12.5. The zero-order valence-electron chi connectivity index (χ0n) is 86.7. The van der Waals surface area contributed by atoms with E-state index in [1.807, 2.05) is 14.1 Å². The minimum atomic E-state index is -4.47. The van der Waals surface area contributed by atoms with E-state index >= 15 is 0 Å². The monoisotopic (exact) mass is 2010 g/mol. The van der Waals surface area contributed by atoms with E-state index in [-0.39, 0.29) is 54.9 Å². The number of aromatic nitrogens is 8. The van der Waals surface area contributed by atoms with Crippen LogP contribution in [0, 0.1) is 63.8 Å². The first-order valence-electron chi connectivity index (χ1n) is 53.4. The summed E-state index contributed by atoms with van der Waals surface area (Å²) in [7, 11) is 10.5. The minimum absolute atomic E-state index is 0.0635. The summed E-state index contributed by atoms with van der Waals surface area (Å²) >= 11 is 0. The molecule has 11 aliphatic heterocycles. The van der Waals surface area contributed by atoms with Crippen molar-refractivity contribution in [2.24, 2.45) is 23.7 Å². The number of rotatable bonds is 25. The predicted molar refractivity (Wildman–Crippen MR) is 569 cm³/mol. The second kappa shape index (κ2) is 48.4. The van der Waals surface area contributed by atoms with Gasteiger partial charge in [-0.05, 0) is 230 Å². The highest BCUT2D eigenvalue weighted by atomic mass is 19.4. The molecule has 31 heteroatoms. The number of ether oxygens (including phenoxy) is 8. The van der Waals surface area contributed by atoms with Crippen LogP contribution in [0.5, 0.6) is 24.0 Å². The van der Waals surface area contributed by atoms with E-state index in [0.717, 1.165) is 218 Å². The van der Waals surface area contributed by atoms with Crippen LogP contribution < -0.4 is 38.5 Å². The molecule has 0 amide bonds. The lowest BCUT2D eigenvalue weighted by Gasteiger charge is -2.35. The maximum absolute atomic E-state index is 13.7. The number of likely N-dealkylation sites (N-methyl/N-ethyl adjacent to an activating group) is 4. The molecular weight excluding hydrogens is 1870 g/mol. The van der Waals surface area contributed by atoms with Crippen molar-refractivity contribution >= 4 is 55.6 Å². The zero-order chi connectivity index (χ0) is 102. The summed E-state index contributed by atoms with van der Waals surface area (Å²) in [6, 6.07) is 49.1. The summed E-state index contributed by atoms with van der Waals surface area (Å²) in [5, 5.41) is 7.47. The van der Waals surface area contributed by atoms with Gasteiger partial charge in [-0.3, -0.25) is 0 Å². The predicted octanol–water partition coefficient (Wildman–Crippen LogP) is 20.2. The van der Waals surface area contributed by atoms with E-state index < -0.39 is 17.8 Å². The Bertz CT molecular complexity index is 6630. The van der Waals surface area contributed by atoms with E-state index in [0.29, 0.717) is 152 Å². The van der Waals surface area contributed by atoms with Crippen molar-refractivity contribution in [3.63, 3.8) is 0 Å². The van der Waals surface area contributed by atoms with Crippen molar-refractivity contribution in [1.82, 2.24) is 59.5 Å². The fourth-order valence-electron chi connectivity index (χ4n) is 23.8. The third kappa shape index (κ3) is 24.6. The maximum atomic E-state index is 13.7. The van der Waals surface area contributed by atoms with Gasteiger partial charge in [0.25, 0.3) is 0 Å². The van der Waals surface area contributed by atoms with E-state index in [4.69, 9.17) is 99.1 Å². The summed E-state index contributed by atoms with van der Waals surface area (Å²) in [6.45, 7) is 50.5. The molecule has 7 aromatic carbocycles. The molecule has 0 aliphatic carbocycles. The van der Waals surface area contributed by atoms with Crippen LogP contribution in [0.25, 0.3) is 51.7 Å². The number of hydrogen-bond donors (Lipinski definition) is 0. The minimum Gasteiger partial charge on any atom is -0.462 e. The Morgan fingerprint density at radius 2 is 0.662 bits per heavy atom. The summed E-state index contributed by atoms with van der Waals surface area (Å²) < 4.78 is 91.4. The molecule has 148 heavy (non-hydrogen) atoms. The topological polar surface area (TPSA) is 220 Å². The van der Waals surface area contributed by atoms with Crippen molar-refractivity contribution in [2.45, 2.75) is 205 Å². The standard InChI is InChI=1S/C31H37N5O2.C30H35N5O2.C29H35N5O2.C27H32F3N5O2/c1-21-8-4-10-23-11-5-13-25(29(21)23)28-16-27-26(20-37-28)30(36-15-6-9-22(18-36)17-32-2)34-31(33-27)38-19-24-12-7-14-35(24)3;1-31-17-21-8-6-15-35(18-21)29-26-20-36-28(25-13-5-10-22-9-3-4-12-24(22)25)16-27(26)32-30(33-29)37-19-23-11-7-14-34(23)2;1-20-8-5-10-22-11-6-12-23(27(20)22)26-16-25-24(19-36-26)28(32-29(31-25)35-15-14-33(3)4)34-13-7-9-21(18-34)17-30-2;1-31-14-18-7-5-12-35(15-18)25-21-17-36-24(20-9-3-4-10-22(20)27(28,29)30)13-23(21)32-26(33-25)37-16-19-8-6-11-34(19)2/h4-5,8,10-11,13,22,24,28H,6-7,9,12,14-20H2,1,3H3;3-5,9-10,12-13,21,23,28H,6-8,11,14-20H2,2H3;5-6,8,10-12,21,26H,7,9,13-19H2,1,3-4H3;3-4,9-10,18-19,24H,5-8,11-17H2,2H3/t22-,24-,28?;21-,23-,28?;21-,26?;18-,19-,24?/m0000/s1. The van der Waals surface area contributed by atoms with Gasteiger partial charge in [0.05, 0.1) is 79.2 Å². The second-order valence-corrected chi connectivity index (χ2v) is 42.3. The highest BCUT2D eigenvalue weighted by molar-refractivity contribution is 5.90. The van der Waals surface area contributed by atoms with Gasteiger partial charge >= 0.3 is 30.2 Å². The lowest BCUT2D eigenvalue weighted by atomic mass is 9.92. The molecule has 11 aliphatic rings. The van der Waals surface area contributed by atoms with Gasteiger partial charge in [0.15, 0.2) is 0 Å². The quantitative estimate of drug-likeness (QED) is 0.0485. The molecular formula is C117H139F3N20O8. The van der Waals surface area contributed by atoms with Gasteiger partial charge in [0.2, 0.25) is 26.2 Å². The van der Waals surface area contributed by atoms with Crippen molar-refractivity contribution in [3.05, 3.63) is 269 Å². The average Bonchev–Trinajstić information content (AvgIpc) is 0.945. The molecule has 0 N–H and O–H groups in total. The van der Waals surface area contributed by atoms with E-state index in [1.54, 1.807) is 6.07 Å². The van der Waals surface area contributed by atoms with Gasteiger partial charge in [0.1, 0.15) is 49.7 Å². The number of hydrogen-bond acceptors (Lipinski definition) is 24. The van der Waals surface area contributed by atoms with Gasteiger partial charge < -0.3 is 96.5 Å². The molecule has 11 aromatic rings. The molecule has 7 saturated heterocycles. The second-order valence-electron chi connectivity index (χ2n) is 42.3. The molecule has 776 valence electrons. The molecule has 11 atom stereocenters. The third-order valence-electron chi connectivity index (χ3n) is 31.9. The highest BCUT2D eigenvalue weighted by Crippen LogP contribution is 2.47. The van der Waals surface area contributed by atoms with Crippen molar-refractivity contribution in [2.75, 3.05) is 186 Å². The Balaban J connectivity index is 0.000000124. The number of piperidine rings is 4. The van der Waals surface area contributed by atoms with Crippen LogP contribution in [0.4, 0.5) is 36.4 Å². The summed E-state index contributed by atoms with van der Waals surface area (Å²) in [4.78, 5) is 72.0. The smallest absolute Gasteiger partial charge is 0.416 e. The molecule has 0 radical (unpaired) electrons. The number of alkyl halides is 3. The van der Waals surface area contributed by atoms with E-state index in [1.165, 1.54) is 85.1 Å². The first-order chi connectivity index (χ1) is 72.2. The number of nitrogens with zero attached hydrogens (tertiary/aromatic N) is 20. The lowest BCUT2D eigenvalue weighted by Crippen LogP contribution is -2.38. The van der Waals surface area contributed by atoms with Crippen molar-refractivity contribution in [3.8, 4) is 24.0 Å². The zero-order valence-corrected chi connectivity index (χ0v) is 86.7. The average molecular weight is 2010 g/mol. The molecule has 0 bridgehead atoms. The first kappa shape index (κ1) is 104. The molecule has 15 heterocycles. The number of benzene rings is 7. The highest BCUT2D eigenvalue weighted by Gasteiger charge is 2.42. The van der Waals surface area contributed by atoms with Gasteiger partial charge in [-0.1, -0.05) is 133 Å². The van der Waals surface area contributed by atoms with Crippen molar-refractivity contribution < 1.29 is 51.1 Å². The van der Waals surface area contributed by atoms with Crippen LogP contribution in [0.15, 0.2) is 140 Å². The van der Waals surface area contributed by atoms with E-state index in [2.05, 4.69) is 214 Å². The van der Waals surface area contributed by atoms with Crippen LogP contribution >= 0.6 is 0 Å². The van der Waals surface area contributed by atoms with Gasteiger partial charge in [-0.25, -0.2) is 26.3 Å². The number of likely N-dealkylation sites (tertiary alicyclic amines) is 3. The van der Waals surface area contributed by atoms with Crippen LogP contribution in [-0.2, 0) is 77.2 Å². The third-order valence-corrected chi connectivity index (χ3v) is 31.9. The molecule has 7 fully saturated rings. The number of fused-ring (bicyclic) bond motifs is 7. The summed E-state index contributed by atoms with van der Waals surface area (Å²) in [5.41, 5.74) is 13.3. The van der Waals surface area contributed by atoms with Crippen LogP contribution in [0.3, 0.4) is 0 Å². The Morgan fingerprint density at radius 1 is 0.358 bits per heavy atom.